The highest BCUT2D eigenvalue weighted by molar-refractivity contribution is 4.56. The van der Waals surface area contributed by atoms with E-state index in [1.807, 2.05) is 13.8 Å². The van der Waals surface area contributed by atoms with Gasteiger partial charge in [-0.25, -0.2) is 0 Å². The van der Waals surface area contributed by atoms with Crippen molar-refractivity contribution in [3.8, 4) is 0 Å². The van der Waals surface area contributed by atoms with E-state index < -0.39 is 0 Å². The minimum Gasteiger partial charge on any atom is -0.309 e. The van der Waals surface area contributed by atoms with Crippen molar-refractivity contribution in [2.45, 2.75) is 47.0 Å². The SMILES string of the molecule is CC.CCC(CC)CCN(C)C. The van der Waals surface area contributed by atoms with E-state index in [1.54, 1.807) is 0 Å². The third kappa shape index (κ3) is 9.96. The van der Waals surface area contributed by atoms with E-state index in [-0.39, 0.29) is 0 Å². The fourth-order valence-electron chi connectivity index (χ4n) is 1.14. The Hall–Kier alpha value is -0.0400. The van der Waals surface area contributed by atoms with Crippen LogP contribution in [0.4, 0.5) is 0 Å². The summed E-state index contributed by atoms with van der Waals surface area (Å²) < 4.78 is 0. The van der Waals surface area contributed by atoms with Crippen LogP contribution in [-0.4, -0.2) is 25.5 Å². The van der Waals surface area contributed by atoms with Gasteiger partial charge in [-0.1, -0.05) is 40.5 Å². The van der Waals surface area contributed by atoms with Crippen molar-refractivity contribution in [1.82, 2.24) is 4.90 Å². The van der Waals surface area contributed by atoms with Crippen LogP contribution in [0.15, 0.2) is 0 Å². The minimum absolute atomic E-state index is 0.947. The Labute approximate surface area is 79.2 Å². The molecule has 1 nitrogen and oxygen atoms in total. The summed E-state index contributed by atoms with van der Waals surface area (Å²) in [7, 11) is 4.28. The van der Waals surface area contributed by atoms with Crippen molar-refractivity contribution in [2.75, 3.05) is 20.6 Å². The van der Waals surface area contributed by atoms with Crippen molar-refractivity contribution in [2.24, 2.45) is 5.92 Å². The maximum absolute atomic E-state index is 2.28. The molecule has 0 unspecified atom stereocenters. The van der Waals surface area contributed by atoms with Crippen LogP contribution in [-0.2, 0) is 0 Å². The lowest BCUT2D eigenvalue weighted by atomic mass is 10.00. The van der Waals surface area contributed by atoms with E-state index >= 15 is 0 Å². The second-order valence-electron chi connectivity index (χ2n) is 3.27. The third-order valence-corrected chi connectivity index (χ3v) is 2.14. The van der Waals surface area contributed by atoms with Gasteiger partial charge in [0.2, 0.25) is 0 Å². The largest absolute Gasteiger partial charge is 0.309 e. The molecule has 0 amide bonds. The highest BCUT2D eigenvalue weighted by Gasteiger charge is 2.02. The number of rotatable bonds is 5. The van der Waals surface area contributed by atoms with Crippen LogP contribution in [0, 0.1) is 5.92 Å². The van der Waals surface area contributed by atoms with Crippen molar-refractivity contribution >= 4 is 0 Å². The molecular weight excluding hydrogens is 146 g/mol. The van der Waals surface area contributed by atoms with Crippen LogP contribution in [0.3, 0.4) is 0 Å². The van der Waals surface area contributed by atoms with Crippen LogP contribution >= 0.6 is 0 Å². The molecule has 0 radical (unpaired) electrons. The fraction of sp³-hybridized carbons (Fsp3) is 1.00. The first kappa shape index (κ1) is 14.5. The molecule has 0 heterocycles. The minimum atomic E-state index is 0.947. The van der Waals surface area contributed by atoms with Crippen molar-refractivity contribution in [3.63, 3.8) is 0 Å². The molecule has 0 saturated carbocycles. The zero-order chi connectivity index (χ0) is 9.98. The highest BCUT2D eigenvalue weighted by Crippen LogP contribution is 2.11. The van der Waals surface area contributed by atoms with Crippen LogP contribution in [0.2, 0.25) is 0 Å². The molecule has 0 saturated heterocycles. The molecule has 0 aliphatic rings. The molecule has 0 aliphatic heterocycles. The lowest BCUT2D eigenvalue weighted by Crippen LogP contribution is -2.16. The Morgan fingerprint density at radius 2 is 1.42 bits per heavy atom. The lowest BCUT2D eigenvalue weighted by molar-refractivity contribution is 0.339. The summed E-state index contributed by atoms with van der Waals surface area (Å²) in [6, 6.07) is 0. The predicted octanol–water partition coefficient (Wildman–Crippen LogP) is 3.40. The van der Waals surface area contributed by atoms with Gasteiger partial charge in [0, 0.05) is 0 Å². The topological polar surface area (TPSA) is 3.24 Å². The van der Waals surface area contributed by atoms with Gasteiger partial charge >= 0.3 is 0 Å². The molecular formula is C11H27N. The van der Waals surface area contributed by atoms with Gasteiger partial charge in [-0.05, 0) is 33.0 Å². The molecule has 0 aromatic rings. The predicted molar refractivity (Wildman–Crippen MR) is 58.6 cm³/mol. The smallest absolute Gasteiger partial charge is 0.00222 e. The molecule has 0 aromatic heterocycles. The molecule has 0 fully saturated rings. The molecule has 0 aromatic carbocycles. The van der Waals surface area contributed by atoms with Crippen LogP contribution < -0.4 is 0 Å². The van der Waals surface area contributed by atoms with Crippen LogP contribution in [0.1, 0.15) is 47.0 Å². The zero-order valence-corrected chi connectivity index (χ0v) is 9.85. The second kappa shape index (κ2) is 11.0. The van der Waals surface area contributed by atoms with Gasteiger partial charge in [-0.15, -0.1) is 0 Å². The van der Waals surface area contributed by atoms with Crippen molar-refractivity contribution in [3.05, 3.63) is 0 Å². The average Bonchev–Trinajstić information content (AvgIpc) is 2.09. The first-order chi connectivity index (χ1) is 5.70. The Balaban J connectivity index is 0. The van der Waals surface area contributed by atoms with Gasteiger partial charge < -0.3 is 4.90 Å². The molecule has 0 aliphatic carbocycles. The van der Waals surface area contributed by atoms with E-state index in [1.165, 1.54) is 25.8 Å². The summed E-state index contributed by atoms with van der Waals surface area (Å²) in [6.45, 7) is 9.81. The molecule has 0 N–H and O–H groups in total. The van der Waals surface area contributed by atoms with Crippen molar-refractivity contribution in [1.29, 1.82) is 0 Å². The Morgan fingerprint density at radius 3 is 1.67 bits per heavy atom. The van der Waals surface area contributed by atoms with E-state index in [4.69, 9.17) is 0 Å². The molecule has 76 valence electrons. The summed E-state index contributed by atoms with van der Waals surface area (Å²) in [5, 5.41) is 0. The van der Waals surface area contributed by atoms with Crippen LogP contribution in [0.5, 0.6) is 0 Å². The first-order valence-electron chi connectivity index (χ1n) is 5.35. The number of nitrogens with zero attached hydrogens (tertiary/aromatic N) is 1. The summed E-state index contributed by atoms with van der Waals surface area (Å²) >= 11 is 0. The van der Waals surface area contributed by atoms with Gasteiger partial charge in [0.05, 0.1) is 0 Å². The van der Waals surface area contributed by atoms with Gasteiger partial charge in [0.1, 0.15) is 0 Å². The third-order valence-electron chi connectivity index (χ3n) is 2.14. The fourth-order valence-corrected chi connectivity index (χ4v) is 1.14. The average molecular weight is 173 g/mol. The molecule has 0 atom stereocenters. The van der Waals surface area contributed by atoms with Gasteiger partial charge in [0.15, 0.2) is 0 Å². The van der Waals surface area contributed by atoms with E-state index in [0.29, 0.717) is 0 Å². The van der Waals surface area contributed by atoms with Crippen molar-refractivity contribution < 1.29 is 0 Å². The molecule has 0 rings (SSSR count). The Kier molecular flexibility index (Phi) is 13.2. The van der Waals surface area contributed by atoms with E-state index in [2.05, 4.69) is 32.8 Å². The summed E-state index contributed by atoms with van der Waals surface area (Å²) in [5.41, 5.74) is 0. The second-order valence-corrected chi connectivity index (χ2v) is 3.27. The Morgan fingerprint density at radius 1 is 1.00 bits per heavy atom. The molecule has 12 heavy (non-hydrogen) atoms. The summed E-state index contributed by atoms with van der Waals surface area (Å²) in [5.74, 6) is 0.947. The Bertz CT molecular complexity index is 65.4. The zero-order valence-electron chi connectivity index (χ0n) is 9.85. The highest BCUT2D eigenvalue weighted by atomic mass is 15.0. The van der Waals surface area contributed by atoms with Crippen LogP contribution in [0.25, 0.3) is 0 Å². The number of hydrogen-bond acceptors (Lipinski definition) is 1. The maximum Gasteiger partial charge on any atom is -0.00222 e. The van der Waals surface area contributed by atoms with Gasteiger partial charge in [0.25, 0.3) is 0 Å². The number of hydrogen-bond donors (Lipinski definition) is 0. The van der Waals surface area contributed by atoms with E-state index in [0.717, 1.165) is 5.92 Å². The standard InChI is InChI=1S/C9H21N.C2H6/c1-5-9(6-2)7-8-10(3)4;1-2/h9H,5-8H2,1-4H3;1-2H3. The molecule has 0 spiro atoms. The monoisotopic (exact) mass is 173 g/mol. The summed E-state index contributed by atoms with van der Waals surface area (Å²) in [4.78, 5) is 2.26. The lowest BCUT2D eigenvalue weighted by Gasteiger charge is -2.15. The molecule has 0 bridgehead atoms. The maximum atomic E-state index is 2.28. The van der Waals surface area contributed by atoms with E-state index in [9.17, 15) is 0 Å². The normalized spacial score (nSPS) is 10.0. The first-order valence-corrected chi connectivity index (χ1v) is 5.35. The molecule has 1 heteroatoms. The van der Waals surface area contributed by atoms with Gasteiger partial charge in [-0.2, -0.15) is 0 Å². The van der Waals surface area contributed by atoms with Gasteiger partial charge in [-0.3, -0.25) is 0 Å². The quantitative estimate of drug-likeness (QED) is 0.616. The summed E-state index contributed by atoms with van der Waals surface area (Å²) in [6.07, 6.45) is 4.04.